The normalized spacial score (nSPS) is 22.6. The molecule has 0 bridgehead atoms. The zero-order chi connectivity index (χ0) is 75.3. The summed E-state index contributed by atoms with van der Waals surface area (Å²) in [6.07, 6.45) is 11.4. The van der Waals surface area contributed by atoms with Crippen molar-refractivity contribution >= 4 is 18.3 Å². The zero-order valence-electron chi connectivity index (χ0n) is 68.8. The Labute approximate surface area is 601 Å². The molecular weight excluding hydrogens is 1250 g/mol. The van der Waals surface area contributed by atoms with Crippen molar-refractivity contribution in [1.29, 1.82) is 0 Å². The lowest BCUT2D eigenvalue weighted by Crippen LogP contribution is -2.62. The van der Waals surface area contributed by atoms with Gasteiger partial charge in [0.05, 0.1) is 45.1 Å². The molecule has 0 aromatic carbocycles. The van der Waals surface area contributed by atoms with Crippen LogP contribution in [0.1, 0.15) is 264 Å². The molecule has 7 fully saturated rings. The molecule has 3 amide bonds. The van der Waals surface area contributed by atoms with Crippen LogP contribution < -0.4 is 5.32 Å². The minimum absolute atomic E-state index is 0.117. The summed E-state index contributed by atoms with van der Waals surface area (Å²) in [6.45, 7) is 77.0. The summed E-state index contributed by atoms with van der Waals surface area (Å²) in [5.74, 6) is 2.16. The number of carbonyl (C=O) groups excluding carboxylic acids is 3. The molecule has 7 aliphatic heterocycles. The minimum atomic E-state index is -1.20. The van der Waals surface area contributed by atoms with E-state index in [4.69, 9.17) is 23.7 Å². The van der Waals surface area contributed by atoms with Crippen LogP contribution in [0, 0.1) is 39.9 Å². The van der Waals surface area contributed by atoms with Crippen molar-refractivity contribution in [2.24, 2.45) is 39.9 Å². The van der Waals surface area contributed by atoms with E-state index in [1.54, 1.807) is 4.90 Å². The molecule has 19 heteroatoms. The van der Waals surface area contributed by atoms with Gasteiger partial charge in [0.2, 0.25) is 0 Å². The van der Waals surface area contributed by atoms with Crippen LogP contribution in [0.3, 0.4) is 0 Å². The van der Waals surface area contributed by atoms with Gasteiger partial charge in [-0.1, -0.05) is 132 Å². The smallest absolute Gasteiger partial charge is 0.410 e. The number of amides is 3. The van der Waals surface area contributed by atoms with Crippen molar-refractivity contribution in [3.63, 3.8) is 0 Å². The van der Waals surface area contributed by atoms with Crippen LogP contribution in [0.2, 0.25) is 0 Å². The highest BCUT2D eigenvalue weighted by atomic mass is 19.2. The van der Waals surface area contributed by atoms with E-state index in [2.05, 4.69) is 143 Å². The predicted molar refractivity (Wildman–Crippen MR) is 403 cm³/mol. The summed E-state index contributed by atoms with van der Waals surface area (Å²) in [7, 11) is 0. The molecule has 0 spiro atoms. The maximum atomic E-state index is 14.0. The summed E-state index contributed by atoms with van der Waals surface area (Å²) in [4.78, 5) is 50.1. The van der Waals surface area contributed by atoms with E-state index < -0.39 is 39.9 Å². The van der Waals surface area contributed by atoms with E-state index in [1.807, 2.05) is 81.1 Å². The fourth-order valence-corrected chi connectivity index (χ4v) is 13.0. The molecular formula is C79H157F3N8O8. The maximum Gasteiger partial charge on any atom is 0.410 e. The fourth-order valence-electron chi connectivity index (χ4n) is 13.0. The number of alkyl halides is 3. The predicted octanol–water partition coefficient (Wildman–Crippen LogP) is 17.5. The van der Waals surface area contributed by atoms with Crippen LogP contribution in [-0.2, 0) is 23.7 Å². The summed E-state index contributed by atoms with van der Waals surface area (Å²) >= 11 is 0. The number of morpholine rings is 2. The zero-order valence-corrected chi connectivity index (χ0v) is 68.8. The van der Waals surface area contributed by atoms with Crippen LogP contribution in [0.15, 0.2) is 0 Å². The minimum Gasteiger partial charge on any atom is -0.444 e. The number of likely N-dealkylation sites (tertiary alicyclic amines) is 3. The molecule has 16 nitrogen and oxygen atoms in total. The fraction of sp³-hybridized carbons (Fsp3) is 0.962. The molecule has 3 unspecified atom stereocenters. The Morgan fingerprint density at radius 1 is 0.459 bits per heavy atom. The van der Waals surface area contributed by atoms with Crippen LogP contribution in [0.25, 0.3) is 0 Å². The number of hydrogen-bond donors (Lipinski definition) is 1. The molecule has 7 saturated heterocycles. The Hall–Kier alpha value is -2.68. The quantitative estimate of drug-likeness (QED) is 0.147. The lowest BCUT2D eigenvalue weighted by atomic mass is 9.87. The highest BCUT2D eigenvalue weighted by molar-refractivity contribution is 5.70. The van der Waals surface area contributed by atoms with Crippen molar-refractivity contribution < 1.29 is 51.2 Å². The number of nitrogens with one attached hydrogen (secondary N) is 1. The SMILES string of the molecule is CC(C)(C)CC1CN(C(=O)OC(C)(C)C)CCO1.CC(C)(C)CCN1CCN(C(=O)OC(C)(C)C)CC1.CC(C)CC1(F)CCNC1.CC(C)CC1(F)CN(C(=O)OC(C)(C)C)C1.CC(C)CCCN1CCCC1.CCN1CC(F)(CC(C)C)C1.CCN1CCOC(CC(C)(C)C)C1. The molecule has 582 valence electrons. The first-order valence-corrected chi connectivity index (χ1v) is 38.6. The Bertz CT molecular complexity index is 2150. The number of hydrogen-bond acceptors (Lipinski definition) is 13. The number of carbonyl (C=O) groups is 3. The van der Waals surface area contributed by atoms with Gasteiger partial charge in [0.25, 0.3) is 0 Å². The van der Waals surface area contributed by atoms with Gasteiger partial charge >= 0.3 is 18.3 Å². The monoisotopic (exact) mass is 1400 g/mol. The van der Waals surface area contributed by atoms with E-state index in [0.29, 0.717) is 93.3 Å². The van der Waals surface area contributed by atoms with Crippen LogP contribution in [0.4, 0.5) is 27.6 Å². The largest absolute Gasteiger partial charge is 0.444 e. The molecule has 0 radical (unpaired) electrons. The number of ether oxygens (including phenoxy) is 5. The molecule has 1 N–H and O–H groups in total. The van der Waals surface area contributed by atoms with E-state index >= 15 is 0 Å². The van der Waals surface area contributed by atoms with E-state index in [-0.39, 0.29) is 36.8 Å². The molecule has 7 rings (SSSR count). The lowest BCUT2D eigenvalue weighted by molar-refractivity contribution is -0.0590. The molecule has 0 aromatic heterocycles. The summed E-state index contributed by atoms with van der Waals surface area (Å²) in [6, 6.07) is 0. The second-order valence-corrected chi connectivity index (χ2v) is 37.9. The average molecular weight is 1400 g/mol. The molecule has 3 atom stereocenters. The van der Waals surface area contributed by atoms with Crippen LogP contribution in [0.5, 0.6) is 0 Å². The third-order valence-corrected chi connectivity index (χ3v) is 17.4. The summed E-state index contributed by atoms with van der Waals surface area (Å²) in [5, 5.41) is 3.04. The molecule has 98 heavy (non-hydrogen) atoms. The number of rotatable bonds is 16. The molecule has 0 saturated carbocycles. The number of piperazine rings is 1. The van der Waals surface area contributed by atoms with E-state index in [0.717, 1.165) is 90.8 Å². The number of halogens is 3. The standard InChI is InChI=1S/C15H30N2O2.C14H27NO3.C12H22FNO2.C11H23NO.C10H21N.C9H18FN.C8H16FN/c1-14(2,3)7-8-16-9-11-17(12-10-16)13(18)19-15(4,5)6;1-13(2,3)9-11-10-15(7-8-17-11)12(16)18-14(4,5)6;1-9(2)6-12(13)7-14(8-12)10(15)16-11(3,4)5;1-5-12-6-7-13-10(9-12)8-11(2,3)4;1-10(2)6-5-9-11-7-3-4-8-11;1-4-11-6-9(10,7-11)5-8(2)3;1-7(2)5-8(9)3-4-10-6-8/h7-12H2,1-6H3;11H,7-10H2,1-6H3;9H,6-8H2,1-5H3;10H,5-9H2,1-4H3;10H,3-9H2,1-2H3;8H,4-7H2,1-3H3;7,10H,3-6H2,1-2H3. The van der Waals surface area contributed by atoms with Gasteiger partial charge < -0.3 is 48.6 Å². The Morgan fingerprint density at radius 3 is 1.27 bits per heavy atom. The third kappa shape index (κ3) is 46.1. The van der Waals surface area contributed by atoms with Gasteiger partial charge in [-0.05, 0) is 219 Å². The van der Waals surface area contributed by atoms with Gasteiger partial charge in [-0.15, -0.1) is 0 Å². The highest BCUT2D eigenvalue weighted by Crippen LogP contribution is 2.34. The van der Waals surface area contributed by atoms with Crippen molar-refractivity contribution in [3.05, 3.63) is 0 Å². The first kappa shape index (κ1) is 93.3. The van der Waals surface area contributed by atoms with Gasteiger partial charge in [-0.2, -0.15) is 0 Å². The molecule has 0 aromatic rings. The van der Waals surface area contributed by atoms with Crippen molar-refractivity contribution in [3.8, 4) is 0 Å². The second kappa shape index (κ2) is 42.9. The third-order valence-electron chi connectivity index (χ3n) is 17.4. The Kier molecular flexibility index (Phi) is 40.9. The van der Waals surface area contributed by atoms with Gasteiger partial charge in [0.15, 0.2) is 0 Å². The molecule has 0 aliphatic carbocycles. The van der Waals surface area contributed by atoms with Gasteiger partial charge in [0.1, 0.15) is 33.8 Å². The van der Waals surface area contributed by atoms with Gasteiger partial charge in [-0.3, -0.25) is 14.7 Å². The number of likely N-dealkylation sites (N-methyl/N-ethyl adjacent to an activating group) is 1. The second-order valence-electron chi connectivity index (χ2n) is 37.9. The van der Waals surface area contributed by atoms with Crippen molar-refractivity contribution in [1.82, 2.24) is 39.6 Å². The first-order chi connectivity index (χ1) is 44.7. The summed E-state index contributed by atoms with van der Waals surface area (Å²) in [5.41, 5.74) is -3.33. The lowest BCUT2D eigenvalue weighted by Gasteiger charge is -2.45. The average Bonchev–Trinajstić information content (AvgIpc) is 1.70. The maximum absolute atomic E-state index is 14.0. The Balaban J connectivity index is 0.000000578. The van der Waals surface area contributed by atoms with Crippen molar-refractivity contribution in [2.45, 2.75) is 311 Å². The van der Waals surface area contributed by atoms with Crippen LogP contribution in [-0.4, -0.2) is 243 Å². The van der Waals surface area contributed by atoms with Gasteiger partial charge in [0, 0.05) is 65.4 Å². The highest BCUT2D eigenvalue weighted by Gasteiger charge is 2.47. The topological polar surface area (TPSA) is 132 Å². The van der Waals surface area contributed by atoms with Crippen LogP contribution >= 0.6 is 0 Å². The molecule has 7 heterocycles. The van der Waals surface area contributed by atoms with E-state index in [9.17, 15) is 27.6 Å². The Morgan fingerprint density at radius 2 is 0.867 bits per heavy atom. The number of nitrogens with zero attached hydrogens (tertiary/aromatic N) is 7. The van der Waals surface area contributed by atoms with E-state index in [1.165, 1.54) is 63.1 Å². The van der Waals surface area contributed by atoms with Gasteiger partial charge in [-0.25, -0.2) is 27.6 Å². The summed E-state index contributed by atoms with van der Waals surface area (Å²) < 4.78 is 68.4. The molecule has 7 aliphatic rings. The first-order valence-electron chi connectivity index (χ1n) is 38.6. The van der Waals surface area contributed by atoms with Crippen molar-refractivity contribution in [2.75, 3.05) is 144 Å².